The van der Waals surface area contributed by atoms with E-state index in [1.807, 2.05) is 0 Å². The van der Waals surface area contributed by atoms with Gasteiger partial charge < -0.3 is 24.1 Å². The Morgan fingerprint density at radius 3 is 2.75 bits per heavy atom. The van der Waals surface area contributed by atoms with E-state index in [1.54, 1.807) is 25.1 Å². The smallest absolute Gasteiger partial charge is 0.377 e. The van der Waals surface area contributed by atoms with Crippen molar-refractivity contribution in [3.63, 3.8) is 0 Å². The maximum Gasteiger partial charge on any atom is 0.377 e. The number of aromatic nitrogens is 1. The minimum atomic E-state index is -0.746. The van der Waals surface area contributed by atoms with E-state index in [0.29, 0.717) is 36.1 Å². The highest BCUT2D eigenvalue weighted by molar-refractivity contribution is 5.94. The molecule has 0 saturated heterocycles. The molecule has 0 radical (unpaired) electrons. The van der Waals surface area contributed by atoms with Crippen molar-refractivity contribution in [2.24, 2.45) is 0 Å². The molecule has 1 aliphatic heterocycles. The predicted octanol–water partition coefficient (Wildman–Crippen LogP) is 1.94. The van der Waals surface area contributed by atoms with E-state index in [0.717, 1.165) is 6.42 Å². The quantitative estimate of drug-likeness (QED) is 0.854. The number of ether oxygens (including phenoxy) is 3. The lowest BCUT2D eigenvalue weighted by Gasteiger charge is -2.10. The van der Waals surface area contributed by atoms with Crippen LogP contribution in [0.4, 0.5) is 5.69 Å². The second-order valence-electron chi connectivity index (χ2n) is 5.17. The summed E-state index contributed by atoms with van der Waals surface area (Å²) in [5, 5.41) is 6.21. The molecule has 8 heteroatoms. The van der Waals surface area contributed by atoms with Gasteiger partial charge in [0, 0.05) is 24.2 Å². The summed E-state index contributed by atoms with van der Waals surface area (Å²) in [5.41, 5.74) is 1.08. The van der Waals surface area contributed by atoms with E-state index in [2.05, 4.69) is 10.5 Å². The van der Waals surface area contributed by atoms with Gasteiger partial charge >= 0.3 is 5.97 Å². The van der Waals surface area contributed by atoms with Crippen LogP contribution in [0.2, 0.25) is 0 Å². The first kappa shape index (κ1) is 15.9. The highest BCUT2D eigenvalue weighted by atomic mass is 16.6. The number of nitrogens with one attached hydrogen (secondary N) is 1. The summed E-state index contributed by atoms with van der Waals surface area (Å²) in [6.45, 7) is 2.39. The number of fused-ring (bicyclic) bond motifs is 1. The van der Waals surface area contributed by atoms with Crippen LogP contribution in [0.3, 0.4) is 0 Å². The van der Waals surface area contributed by atoms with Crippen LogP contribution in [-0.2, 0) is 9.53 Å². The summed E-state index contributed by atoms with van der Waals surface area (Å²) in [6, 6.07) is 6.51. The minimum absolute atomic E-state index is 0.0455. The molecule has 1 aromatic carbocycles. The molecular formula is C16H16N2O6. The number of nitrogens with zero attached hydrogens (tertiary/aromatic N) is 1. The van der Waals surface area contributed by atoms with Crippen LogP contribution in [0.1, 0.15) is 22.7 Å². The molecule has 3 rings (SSSR count). The van der Waals surface area contributed by atoms with Crippen molar-refractivity contribution in [1.29, 1.82) is 0 Å². The van der Waals surface area contributed by atoms with Crippen LogP contribution in [0.5, 0.6) is 11.5 Å². The van der Waals surface area contributed by atoms with Crippen LogP contribution in [0, 0.1) is 6.92 Å². The Bertz CT molecular complexity index is 755. The molecule has 0 fully saturated rings. The number of hydrogen-bond acceptors (Lipinski definition) is 7. The molecule has 24 heavy (non-hydrogen) atoms. The van der Waals surface area contributed by atoms with Gasteiger partial charge in [0.1, 0.15) is 0 Å². The maximum absolute atomic E-state index is 11.9. The molecule has 0 saturated carbocycles. The van der Waals surface area contributed by atoms with Gasteiger partial charge in [-0.05, 0) is 19.1 Å². The number of carbonyl (C=O) groups excluding carboxylic acids is 2. The Labute approximate surface area is 137 Å². The number of esters is 1. The van der Waals surface area contributed by atoms with E-state index in [9.17, 15) is 9.59 Å². The summed E-state index contributed by atoms with van der Waals surface area (Å²) >= 11 is 0. The average Bonchev–Trinajstić information content (AvgIpc) is 2.87. The van der Waals surface area contributed by atoms with Crippen LogP contribution in [0.25, 0.3) is 0 Å². The minimum Gasteiger partial charge on any atom is -0.490 e. The van der Waals surface area contributed by atoms with Crippen molar-refractivity contribution >= 4 is 17.6 Å². The Morgan fingerprint density at radius 1 is 1.21 bits per heavy atom. The Morgan fingerprint density at radius 2 is 2.00 bits per heavy atom. The molecule has 0 aliphatic carbocycles. The molecule has 1 aromatic heterocycles. The van der Waals surface area contributed by atoms with E-state index in [-0.39, 0.29) is 5.76 Å². The lowest BCUT2D eigenvalue weighted by Crippen LogP contribution is -2.20. The molecule has 1 amide bonds. The highest BCUT2D eigenvalue weighted by Gasteiger charge is 2.16. The molecule has 8 nitrogen and oxygen atoms in total. The first-order chi connectivity index (χ1) is 11.6. The standard InChI is InChI=1S/C16H16N2O6/c1-10-7-14(24-18-10)16(20)23-9-15(19)17-11-3-4-12-13(8-11)22-6-2-5-21-12/h3-4,7-8H,2,5-6,9H2,1H3,(H,17,19). The summed E-state index contributed by atoms with van der Waals surface area (Å²) in [7, 11) is 0. The number of hydrogen-bond donors (Lipinski definition) is 1. The van der Waals surface area contributed by atoms with Crippen LogP contribution < -0.4 is 14.8 Å². The van der Waals surface area contributed by atoms with Crippen LogP contribution in [0.15, 0.2) is 28.8 Å². The molecule has 1 N–H and O–H groups in total. The van der Waals surface area contributed by atoms with E-state index >= 15 is 0 Å². The summed E-state index contributed by atoms with van der Waals surface area (Å²) in [6.07, 6.45) is 0.799. The van der Waals surface area contributed by atoms with Gasteiger partial charge in [-0.15, -0.1) is 0 Å². The fourth-order valence-electron chi connectivity index (χ4n) is 2.10. The van der Waals surface area contributed by atoms with Crippen LogP contribution in [-0.4, -0.2) is 36.9 Å². The van der Waals surface area contributed by atoms with Gasteiger partial charge in [-0.1, -0.05) is 5.16 Å². The monoisotopic (exact) mass is 332 g/mol. The third-order valence-corrected chi connectivity index (χ3v) is 3.19. The molecular weight excluding hydrogens is 316 g/mol. The van der Waals surface area contributed by atoms with Gasteiger partial charge in [0.15, 0.2) is 18.1 Å². The van der Waals surface area contributed by atoms with E-state index in [4.69, 9.17) is 18.7 Å². The zero-order chi connectivity index (χ0) is 16.9. The summed E-state index contributed by atoms with van der Waals surface area (Å²) in [4.78, 5) is 23.6. The van der Waals surface area contributed by atoms with Crippen molar-refractivity contribution in [1.82, 2.24) is 5.16 Å². The molecule has 0 bridgehead atoms. The summed E-state index contributed by atoms with van der Waals surface area (Å²) < 4.78 is 20.7. The third kappa shape index (κ3) is 3.83. The van der Waals surface area contributed by atoms with Crippen LogP contribution >= 0.6 is 0 Å². The Kier molecular flexibility index (Phi) is 4.64. The zero-order valence-corrected chi connectivity index (χ0v) is 13.0. The topological polar surface area (TPSA) is 99.9 Å². The van der Waals surface area contributed by atoms with Crippen molar-refractivity contribution < 1.29 is 28.3 Å². The molecule has 126 valence electrons. The number of rotatable bonds is 4. The SMILES string of the molecule is Cc1cc(C(=O)OCC(=O)Nc2ccc3c(c2)OCCCO3)on1. The number of amides is 1. The molecule has 0 atom stereocenters. The zero-order valence-electron chi connectivity index (χ0n) is 13.0. The van der Waals surface area contributed by atoms with Crippen molar-refractivity contribution in [3.8, 4) is 11.5 Å². The van der Waals surface area contributed by atoms with E-state index < -0.39 is 18.5 Å². The predicted molar refractivity (Wildman–Crippen MR) is 82.2 cm³/mol. The number of anilines is 1. The Hall–Kier alpha value is -3.03. The van der Waals surface area contributed by atoms with Gasteiger partial charge in [0.25, 0.3) is 5.91 Å². The lowest BCUT2D eigenvalue weighted by molar-refractivity contribution is -0.119. The van der Waals surface area contributed by atoms with Gasteiger partial charge in [-0.25, -0.2) is 4.79 Å². The van der Waals surface area contributed by atoms with Gasteiger partial charge in [-0.3, -0.25) is 4.79 Å². The van der Waals surface area contributed by atoms with Crippen molar-refractivity contribution in [2.75, 3.05) is 25.1 Å². The number of aryl methyl sites for hydroxylation is 1. The van der Waals surface area contributed by atoms with Gasteiger partial charge in [-0.2, -0.15) is 0 Å². The first-order valence-electron chi connectivity index (χ1n) is 7.42. The third-order valence-electron chi connectivity index (χ3n) is 3.19. The lowest BCUT2D eigenvalue weighted by atomic mass is 10.2. The highest BCUT2D eigenvalue weighted by Crippen LogP contribution is 2.32. The summed E-state index contributed by atoms with van der Waals surface area (Å²) in [5.74, 6) is -0.0635. The Balaban J connectivity index is 1.55. The molecule has 2 aromatic rings. The largest absolute Gasteiger partial charge is 0.490 e. The molecule has 1 aliphatic rings. The van der Waals surface area contributed by atoms with Gasteiger partial charge in [0.05, 0.1) is 18.9 Å². The normalized spacial score (nSPS) is 13.0. The second-order valence-corrected chi connectivity index (χ2v) is 5.17. The first-order valence-corrected chi connectivity index (χ1v) is 7.42. The van der Waals surface area contributed by atoms with Crippen molar-refractivity contribution in [3.05, 3.63) is 35.7 Å². The fourth-order valence-corrected chi connectivity index (χ4v) is 2.10. The maximum atomic E-state index is 11.9. The molecule has 0 unspecified atom stereocenters. The molecule has 2 heterocycles. The second kappa shape index (κ2) is 7.03. The van der Waals surface area contributed by atoms with E-state index in [1.165, 1.54) is 6.07 Å². The van der Waals surface area contributed by atoms with Gasteiger partial charge in [0.2, 0.25) is 5.76 Å². The van der Waals surface area contributed by atoms with Crippen molar-refractivity contribution in [2.45, 2.75) is 13.3 Å². The average molecular weight is 332 g/mol. The fraction of sp³-hybridized carbons (Fsp3) is 0.312. The number of benzene rings is 1. The molecule has 0 spiro atoms. The number of carbonyl (C=O) groups is 2.